The van der Waals surface area contributed by atoms with Crippen molar-refractivity contribution in [2.24, 2.45) is 13.0 Å². The minimum atomic E-state index is -0.364. The topological polar surface area (TPSA) is 70.5 Å². The second-order valence-corrected chi connectivity index (χ2v) is 10.7. The fraction of sp³-hybridized carbons (Fsp3) is 0.667. The second-order valence-electron chi connectivity index (χ2n) is 10.7. The van der Waals surface area contributed by atoms with Crippen molar-refractivity contribution in [2.45, 2.75) is 76.7 Å². The molecule has 184 valence electrons. The number of imide groups is 1. The molecule has 34 heavy (non-hydrogen) atoms. The van der Waals surface area contributed by atoms with Crippen molar-refractivity contribution in [3.63, 3.8) is 0 Å². The van der Waals surface area contributed by atoms with Crippen LogP contribution >= 0.6 is 0 Å². The molecule has 1 unspecified atom stereocenters. The number of aromatic nitrogens is 2. The van der Waals surface area contributed by atoms with E-state index in [4.69, 9.17) is 5.10 Å². The van der Waals surface area contributed by atoms with Crippen molar-refractivity contribution in [2.75, 3.05) is 31.1 Å². The molecule has 2 aliphatic heterocycles. The number of anilines is 1. The normalized spacial score (nSPS) is 25.2. The number of fused-ring (bicyclic) bond motifs is 1. The third kappa shape index (κ3) is 4.72. The van der Waals surface area contributed by atoms with E-state index in [1.165, 1.54) is 57.2 Å². The fourth-order valence-electron chi connectivity index (χ4n) is 6.42. The van der Waals surface area contributed by atoms with E-state index in [-0.39, 0.29) is 17.7 Å². The Bertz CT molecular complexity index is 1040. The number of carbonyl (C=O) groups is 2. The predicted molar refractivity (Wildman–Crippen MR) is 135 cm³/mol. The molecule has 7 heteroatoms. The Kier molecular flexibility index (Phi) is 6.91. The number of aryl methyl sites for hydroxylation is 1. The van der Waals surface area contributed by atoms with E-state index in [1.807, 2.05) is 11.7 Å². The van der Waals surface area contributed by atoms with E-state index in [0.29, 0.717) is 18.9 Å². The molecule has 3 heterocycles. The van der Waals surface area contributed by atoms with Crippen molar-refractivity contribution < 1.29 is 9.59 Å². The number of amides is 2. The number of hydrogen-bond acceptors (Lipinski definition) is 5. The number of nitrogens with zero attached hydrogens (tertiary/aromatic N) is 4. The van der Waals surface area contributed by atoms with Crippen LogP contribution in [0.5, 0.6) is 0 Å². The monoisotopic (exact) mass is 465 g/mol. The van der Waals surface area contributed by atoms with Gasteiger partial charge in [0.05, 0.1) is 22.8 Å². The highest BCUT2D eigenvalue weighted by atomic mass is 16.2. The average molecular weight is 466 g/mol. The highest BCUT2D eigenvalue weighted by Crippen LogP contribution is 2.35. The minimum Gasteiger partial charge on any atom is -0.367 e. The molecule has 5 rings (SSSR count). The number of hydrogen-bond donors (Lipinski definition) is 1. The van der Waals surface area contributed by atoms with Crippen LogP contribution in [0, 0.1) is 5.92 Å². The van der Waals surface area contributed by atoms with Crippen LogP contribution in [0.4, 0.5) is 5.69 Å². The largest absolute Gasteiger partial charge is 0.367 e. The Labute approximate surface area is 202 Å². The summed E-state index contributed by atoms with van der Waals surface area (Å²) >= 11 is 0. The van der Waals surface area contributed by atoms with E-state index in [2.05, 4.69) is 40.2 Å². The van der Waals surface area contributed by atoms with Gasteiger partial charge in [0.15, 0.2) is 0 Å². The van der Waals surface area contributed by atoms with Crippen molar-refractivity contribution in [1.82, 2.24) is 20.0 Å². The van der Waals surface area contributed by atoms with Gasteiger partial charge < -0.3 is 4.90 Å². The third-order valence-corrected chi connectivity index (χ3v) is 8.33. The smallest absolute Gasteiger partial charge is 0.235 e. The number of carbonyl (C=O) groups excluding carboxylic acids is 2. The second kappa shape index (κ2) is 10.1. The molecule has 0 radical (unpaired) electrons. The van der Waals surface area contributed by atoms with Gasteiger partial charge in [-0.1, -0.05) is 44.2 Å². The Balaban J connectivity index is 1.27. The van der Waals surface area contributed by atoms with Crippen molar-refractivity contribution >= 4 is 28.4 Å². The molecule has 2 aromatic rings. The van der Waals surface area contributed by atoms with Crippen LogP contribution in [0.1, 0.15) is 76.3 Å². The van der Waals surface area contributed by atoms with Gasteiger partial charge in [0.25, 0.3) is 0 Å². The molecule has 1 aromatic heterocycles. The first-order chi connectivity index (χ1) is 16.5. The zero-order valence-electron chi connectivity index (χ0n) is 20.8. The molecule has 1 aliphatic carbocycles. The van der Waals surface area contributed by atoms with E-state index in [0.717, 1.165) is 42.1 Å². The minimum absolute atomic E-state index is 0.187. The summed E-state index contributed by atoms with van der Waals surface area (Å²) in [5, 5.41) is 8.28. The molecule has 2 saturated heterocycles. The molecular weight excluding hydrogens is 426 g/mol. The number of benzene rings is 1. The Morgan fingerprint density at radius 3 is 2.68 bits per heavy atom. The zero-order chi connectivity index (χ0) is 23.7. The van der Waals surface area contributed by atoms with E-state index in [9.17, 15) is 9.59 Å². The van der Waals surface area contributed by atoms with Crippen LogP contribution in [-0.4, -0.2) is 58.7 Å². The molecule has 7 nitrogen and oxygen atoms in total. The Hall–Kier alpha value is -2.41. The quantitative estimate of drug-likeness (QED) is 0.654. The lowest BCUT2D eigenvalue weighted by atomic mass is 9.86. The van der Waals surface area contributed by atoms with Crippen LogP contribution in [0.2, 0.25) is 0 Å². The molecular formula is C27H39N5O2. The highest BCUT2D eigenvalue weighted by Gasteiger charge is 2.33. The molecule has 1 aromatic carbocycles. The van der Waals surface area contributed by atoms with Gasteiger partial charge in [-0.05, 0) is 44.7 Å². The number of piperazine rings is 1. The summed E-state index contributed by atoms with van der Waals surface area (Å²) in [6, 6.07) is 6.84. The van der Waals surface area contributed by atoms with Gasteiger partial charge in [0, 0.05) is 44.5 Å². The van der Waals surface area contributed by atoms with Crippen LogP contribution in [0.15, 0.2) is 18.2 Å². The lowest BCUT2D eigenvalue weighted by Crippen LogP contribution is -2.52. The molecule has 3 fully saturated rings. The molecule has 2 atom stereocenters. The van der Waals surface area contributed by atoms with E-state index in [1.54, 1.807) is 0 Å². The first-order valence-corrected chi connectivity index (χ1v) is 13.3. The lowest BCUT2D eigenvalue weighted by molar-refractivity contribution is -0.134. The maximum atomic E-state index is 12.5. The maximum Gasteiger partial charge on any atom is 0.235 e. The Morgan fingerprint density at radius 2 is 1.91 bits per heavy atom. The molecule has 0 spiro atoms. The summed E-state index contributed by atoms with van der Waals surface area (Å²) in [6.45, 7) is 6.65. The van der Waals surface area contributed by atoms with Crippen LogP contribution in [-0.2, 0) is 16.6 Å². The van der Waals surface area contributed by atoms with Gasteiger partial charge in [-0.25, -0.2) is 0 Å². The van der Waals surface area contributed by atoms with Gasteiger partial charge >= 0.3 is 0 Å². The summed E-state index contributed by atoms with van der Waals surface area (Å²) < 4.78 is 1.92. The molecule has 3 aliphatic rings. The van der Waals surface area contributed by atoms with E-state index < -0.39 is 0 Å². The van der Waals surface area contributed by atoms with Crippen molar-refractivity contribution in [3.05, 3.63) is 23.9 Å². The maximum absolute atomic E-state index is 12.5. The first-order valence-electron chi connectivity index (χ1n) is 13.3. The summed E-state index contributed by atoms with van der Waals surface area (Å²) in [5.41, 5.74) is 3.07. The predicted octanol–water partition coefficient (Wildman–Crippen LogP) is 3.96. The van der Waals surface area contributed by atoms with Gasteiger partial charge in [-0.15, -0.1) is 0 Å². The van der Waals surface area contributed by atoms with Crippen LogP contribution in [0.25, 0.3) is 10.9 Å². The summed E-state index contributed by atoms with van der Waals surface area (Å²) in [4.78, 5) is 29.3. The highest BCUT2D eigenvalue weighted by molar-refractivity contribution is 6.03. The van der Waals surface area contributed by atoms with Gasteiger partial charge in [0.1, 0.15) is 0 Å². The summed E-state index contributed by atoms with van der Waals surface area (Å²) in [7, 11) is 1.96. The Morgan fingerprint density at radius 1 is 1.09 bits per heavy atom. The van der Waals surface area contributed by atoms with Crippen LogP contribution in [0.3, 0.4) is 0 Å². The van der Waals surface area contributed by atoms with E-state index >= 15 is 0 Å². The summed E-state index contributed by atoms with van der Waals surface area (Å²) in [5.74, 6) is 0.188. The molecule has 2 amide bonds. The van der Waals surface area contributed by atoms with Gasteiger partial charge in [-0.2, -0.15) is 5.10 Å². The third-order valence-electron chi connectivity index (χ3n) is 8.33. The van der Waals surface area contributed by atoms with Crippen molar-refractivity contribution in [3.8, 4) is 0 Å². The number of piperidine rings is 1. The van der Waals surface area contributed by atoms with Gasteiger partial charge in [-0.3, -0.25) is 24.5 Å². The fourth-order valence-corrected chi connectivity index (χ4v) is 6.42. The van der Waals surface area contributed by atoms with Crippen molar-refractivity contribution in [1.29, 1.82) is 0 Å². The zero-order valence-corrected chi connectivity index (χ0v) is 20.8. The standard InChI is InChI=1S/C27H39N5O2/c1-19-18-32(17-16-31(19)15-7-10-20-8-4-3-5-9-20)23-12-6-11-21-25(29-30(2)26(21)23)22-13-14-24(33)28-27(22)34/h6,11-12,19-20,22H,3-5,7-10,13-18H2,1-2H3,(H,28,33,34)/t19-,22?/m0/s1. The van der Waals surface area contributed by atoms with Gasteiger partial charge in [0.2, 0.25) is 11.8 Å². The SMILES string of the molecule is C[C@H]1CN(c2cccc3c(C4CCC(=O)NC4=O)nn(C)c23)CCN1CCCC1CCCCC1. The van der Waals surface area contributed by atoms with Crippen LogP contribution < -0.4 is 10.2 Å². The lowest BCUT2D eigenvalue weighted by Gasteiger charge is -2.41. The molecule has 1 saturated carbocycles. The first kappa shape index (κ1) is 23.3. The molecule has 0 bridgehead atoms. The number of nitrogens with one attached hydrogen (secondary N) is 1. The number of para-hydroxylation sites is 1. The number of rotatable bonds is 6. The average Bonchev–Trinajstić information content (AvgIpc) is 3.17. The molecule has 1 N–H and O–H groups in total. The summed E-state index contributed by atoms with van der Waals surface area (Å²) in [6.07, 6.45) is 10.8.